The third-order valence-corrected chi connectivity index (χ3v) is 5.50. The van der Waals surface area contributed by atoms with Crippen molar-refractivity contribution >= 4 is 16.9 Å². The minimum atomic E-state index is -0.0689. The first-order chi connectivity index (χ1) is 13.2. The summed E-state index contributed by atoms with van der Waals surface area (Å²) in [5, 5.41) is 8.41. The van der Waals surface area contributed by atoms with Gasteiger partial charge in [-0.05, 0) is 38.3 Å². The van der Waals surface area contributed by atoms with Crippen LogP contribution in [0.2, 0.25) is 0 Å². The molecule has 1 amide bonds. The monoisotopic (exact) mass is 363 g/mol. The smallest absolute Gasteiger partial charge is 0.252 e. The van der Waals surface area contributed by atoms with Crippen LogP contribution in [0.4, 0.5) is 0 Å². The van der Waals surface area contributed by atoms with Crippen LogP contribution in [-0.4, -0.2) is 33.3 Å². The maximum atomic E-state index is 13.1. The first kappa shape index (κ1) is 17.7. The van der Waals surface area contributed by atoms with Crippen molar-refractivity contribution in [3.8, 4) is 11.3 Å². The van der Waals surface area contributed by atoms with Crippen molar-refractivity contribution < 1.29 is 4.79 Å². The lowest BCUT2D eigenvalue weighted by atomic mass is 10.0. The second-order valence-electron chi connectivity index (χ2n) is 7.13. The Morgan fingerprint density at radius 1 is 1.30 bits per heavy atom. The van der Waals surface area contributed by atoms with Gasteiger partial charge in [0.2, 0.25) is 0 Å². The molecule has 2 atom stereocenters. The molecule has 1 aromatic carbocycles. The highest BCUT2D eigenvalue weighted by Gasteiger charge is 2.28. The van der Waals surface area contributed by atoms with E-state index in [0.717, 1.165) is 41.6 Å². The Morgan fingerprint density at radius 3 is 2.85 bits per heavy atom. The van der Waals surface area contributed by atoms with Gasteiger partial charge < -0.3 is 11.1 Å². The number of aryl methyl sites for hydroxylation is 1. The summed E-state index contributed by atoms with van der Waals surface area (Å²) in [6.07, 6.45) is 4.92. The van der Waals surface area contributed by atoms with Crippen LogP contribution in [0.3, 0.4) is 0 Å². The van der Waals surface area contributed by atoms with Gasteiger partial charge in [0.05, 0.1) is 22.8 Å². The number of benzene rings is 1. The fourth-order valence-corrected chi connectivity index (χ4v) is 3.98. The fraction of sp³-hybridized carbons (Fsp3) is 0.381. The summed E-state index contributed by atoms with van der Waals surface area (Å²) >= 11 is 0. The number of fused-ring (bicyclic) bond motifs is 1. The number of hydrogen-bond acceptors (Lipinski definition) is 4. The number of nitrogens with one attached hydrogen (secondary N) is 1. The molecule has 0 radical (unpaired) electrons. The number of pyridine rings is 1. The molecule has 1 aliphatic rings. The predicted molar refractivity (Wildman–Crippen MR) is 106 cm³/mol. The molecule has 140 valence electrons. The lowest BCUT2D eigenvalue weighted by molar-refractivity contribution is 0.0930. The van der Waals surface area contributed by atoms with Gasteiger partial charge in [-0.15, -0.1) is 0 Å². The Balaban J connectivity index is 1.76. The quantitative estimate of drug-likeness (QED) is 0.730. The van der Waals surface area contributed by atoms with E-state index in [2.05, 4.69) is 10.4 Å². The van der Waals surface area contributed by atoms with Crippen molar-refractivity contribution in [2.45, 2.75) is 38.8 Å². The second-order valence-corrected chi connectivity index (χ2v) is 7.13. The zero-order chi connectivity index (χ0) is 18.8. The average Bonchev–Trinajstić information content (AvgIpc) is 3.33. The number of amides is 1. The molecule has 3 aromatic rings. The van der Waals surface area contributed by atoms with Crippen LogP contribution in [-0.2, 0) is 6.54 Å². The maximum absolute atomic E-state index is 13.1. The maximum Gasteiger partial charge on any atom is 0.252 e. The molecule has 0 bridgehead atoms. The lowest BCUT2D eigenvalue weighted by Gasteiger charge is -2.20. The van der Waals surface area contributed by atoms with Crippen molar-refractivity contribution in [2.24, 2.45) is 11.7 Å². The SMILES string of the molecule is CCn1ncc2c(C(=O)NC3CCCC3CN)cc(-c3ccccc3)nc21. The number of carbonyl (C=O) groups excluding carboxylic acids is 1. The predicted octanol–water partition coefficient (Wildman–Crippen LogP) is 2.98. The molecule has 2 aromatic heterocycles. The van der Waals surface area contributed by atoms with E-state index in [9.17, 15) is 4.79 Å². The second kappa shape index (κ2) is 7.48. The van der Waals surface area contributed by atoms with E-state index < -0.39 is 0 Å². The molecule has 6 nitrogen and oxygen atoms in total. The van der Waals surface area contributed by atoms with E-state index in [-0.39, 0.29) is 11.9 Å². The summed E-state index contributed by atoms with van der Waals surface area (Å²) in [6.45, 7) is 3.33. The highest BCUT2D eigenvalue weighted by Crippen LogP contribution is 2.27. The minimum Gasteiger partial charge on any atom is -0.349 e. The van der Waals surface area contributed by atoms with Crippen molar-refractivity contribution in [1.29, 1.82) is 0 Å². The molecule has 1 aliphatic carbocycles. The third-order valence-electron chi connectivity index (χ3n) is 5.50. The summed E-state index contributed by atoms with van der Waals surface area (Å²) < 4.78 is 1.83. The number of hydrogen-bond donors (Lipinski definition) is 2. The molecule has 4 rings (SSSR count). The summed E-state index contributed by atoms with van der Waals surface area (Å²) in [5.74, 6) is 0.291. The number of nitrogens with zero attached hydrogens (tertiary/aromatic N) is 3. The van der Waals surface area contributed by atoms with E-state index in [4.69, 9.17) is 10.7 Å². The summed E-state index contributed by atoms with van der Waals surface area (Å²) in [5.41, 5.74) is 9.01. The molecule has 27 heavy (non-hydrogen) atoms. The Labute approximate surface area is 158 Å². The van der Waals surface area contributed by atoms with Crippen molar-refractivity contribution in [1.82, 2.24) is 20.1 Å². The molecular weight excluding hydrogens is 338 g/mol. The molecule has 6 heteroatoms. The number of aromatic nitrogens is 3. The molecule has 1 saturated carbocycles. The van der Waals surface area contributed by atoms with Crippen LogP contribution in [0.15, 0.2) is 42.6 Å². The van der Waals surface area contributed by atoms with Crippen molar-refractivity contribution in [3.63, 3.8) is 0 Å². The van der Waals surface area contributed by atoms with Crippen LogP contribution in [0.1, 0.15) is 36.5 Å². The average molecular weight is 363 g/mol. The van der Waals surface area contributed by atoms with E-state index in [0.29, 0.717) is 24.6 Å². The van der Waals surface area contributed by atoms with Gasteiger partial charge in [-0.2, -0.15) is 5.10 Å². The van der Waals surface area contributed by atoms with Gasteiger partial charge in [0, 0.05) is 18.2 Å². The van der Waals surface area contributed by atoms with Crippen LogP contribution < -0.4 is 11.1 Å². The first-order valence-corrected chi connectivity index (χ1v) is 9.64. The highest BCUT2D eigenvalue weighted by atomic mass is 16.1. The minimum absolute atomic E-state index is 0.0689. The zero-order valence-electron chi connectivity index (χ0n) is 15.6. The zero-order valence-corrected chi connectivity index (χ0v) is 15.6. The van der Waals surface area contributed by atoms with Gasteiger partial charge in [0.1, 0.15) is 0 Å². The van der Waals surface area contributed by atoms with E-state index in [1.807, 2.05) is 48.0 Å². The van der Waals surface area contributed by atoms with Gasteiger partial charge in [-0.25, -0.2) is 9.67 Å². The fourth-order valence-electron chi connectivity index (χ4n) is 3.98. The topological polar surface area (TPSA) is 85.8 Å². The summed E-state index contributed by atoms with van der Waals surface area (Å²) in [6, 6.07) is 11.9. The molecule has 0 aliphatic heterocycles. The van der Waals surface area contributed by atoms with Gasteiger partial charge in [0.15, 0.2) is 5.65 Å². The van der Waals surface area contributed by atoms with Crippen LogP contribution in [0.5, 0.6) is 0 Å². The Morgan fingerprint density at radius 2 is 2.11 bits per heavy atom. The molecular formula is C21H25N5O. The third kappa shape index (κ3) is 3.32. The van der Waals surface area contributed by atoms with E-state index in [1.165, 1.54) is 0 Å². The van der Waals surface area contributed by atoms with Gasteiger partial charge in [0.25, 0.3) is 5.91 Å². The Hall–Kier alpha value is -2.73. The van der Waals surface area contributed by atoms with E-state index >= 15 is 0 Å². The number of carbonyl (C=O) groups is 1. The van der Waals surface area contributed by atoms with E-state index in [1.54, 1.807) is 6.20 Å². The van der Waals surface area contributed by atoms with Crippen LogP contribution >= 0.6 is 0 Å². The summed E-state index contributed by atoms with van der Waals surface area (Å²) in [7, 11) is 0. The lowest BCUT2D eigenvalue weighted by Crippen LogP contribution is -2.40. The molecule has 2 unspecified atom stereocenters. The van der Waals surface area contributed by atoms with Crippen LogP contribution in [0, 0.1) is 5.92 Å². The molecule has 3 N–H and O–H groups in total. The number of nitrogens with two attached hydrogens (primary N) is 1. The largest absolute Gasteiger partial charge is 0.349 e. The molecule has 2 heterocycles. The van der Waals surface area contributed by atoms with Crippen molar-refractivity contribution in [3.05, 3.63) is 48.2 Å². The standard InChI is InChI=1S/C21H25N5O/c1-2-26-20-17(13-23-26)16(11-19(24-20)14-7-4-3-5-8-14)21(27)25-18-10-6-9-15(18)12-22/h3-5,7-8,11,13,15,18H,2,6,9-10,12,22H2,1H3,(H,25,27). The van der Waals surface area contributed by atoms with Crippen molar-refractivity contribution in [2.75, 3.05) is 6.54 Å². The van der Waals surface area contributed by atoms with Crippen LogP contribution in [0.25, 0.3) is 22.3 Å². The molecule has 1 fully saturated rings. The first-order valence-electron chi connectivity index (χ1n) is 9.64. The normalized spacial score (nSPS) is 19.5. The highest BCUT2D eigenvalue weighted by molar-refractivity contribution is 6.06. The summed E-state index contributed by atoms with van der Waals surface area (Å²) in [4.78, 5) is 17.9. The molecule has 0 saturated heterocycles. The molecule has 0 spiro atoms. The van der Waals surface area contributed by atoms with Gasteiger partial charge in [-0.3, -0.25) is 4.79 Å². The Bertz CT molecular complexity index is 950. The Kier molecular flexibility index (Phi) is 4.90. The van der Waals surface area contributed by atoms with Gasteiger partial charge in [-0.1, -0.05) is 36.8 Å². The van der Waals surface area contributed by atoms with Gasteiger partial charge >= 0.3 is 0 Å². The number of rotatable bonds is 5.